The number of piperidine rings is 1. The molecule has 0 spiro atoms. The van der Waals surface area contributed by atoms with Crippen molar-refractivity contribution in [2.24, 2.45) is 0 Å². The molecule has 4 heterocycles. The number of H-pyrrole nitrogens is 1. The molecule has 0 unspecified atom stereocenters. The van der Waals surface area contributed by atoms with E-state index in [4.69, 9.17) is 21.1 Å². The zero-order valence-corrected chi connectivity index (χ0v) is 21.6. The highest BCUT2D eigenvalue weighted by Crippen LogP contribution is 2.43. The molecular weight excluding hydrogens is 478 g/mol. The number of para-hydroxylation sites is 1. The van der Waals surface area contributed by atoms with E-state index in [1.54, 1.807) is 25.6 Å². The van der Waals surface area contributed by atoms with Gasteiger partial charge in [0.2, 0.25) is 0 Å². The second kappa shape index (κ2) is 10.4. The lowest BCUT2D eigenvalue weighted by Gasteiger charge is -2.32. The van der Waals surface area contributed by atoms with Crippen molar-refractivity contribution in [1.82, 2.24) is 20.2 Å². The van der Waals surface area contributed by atoms with Crippen molar-refractivity contribution >= 4 is 28.9 Å². The average molecular weight is 510 g/mol. The molecule has 2 aromatic heterocycles. The molecule has 0 saturated carbocycles. The zero-order valence-electron chi connectivity index (χ0n) is 20.9. The highest BCUT2D eigenvalue weighted by atomic mass is 35.5. The molecule has 0 radical (unpaired) electrons. The number of likely N-dealkylation sites (tertiary alicyclic amines) is 1. The van der Waals surface area contributed by atoms with Crippen LogP contribution >= 0.6 is 11.6 Å². The number of hydrogen-bond donors (Lipinski definition) is 3. The highest BCUT2D eigenvalue weighted by molar-refractivity contribution is 6.32. The Balaban J connectivity index is 1.56. The highest BCUT2D eigenvalue weighted by Gasteiger charge is 2.31. The topological polar surface area (TPSA) is 91.5 Å². The summed E-state index contributed by atoms with van der Waals surface area (Å²) in [5.74, 6) is 1.05. The number of aromatic nitrogens is 2. The Labute approximate surface area is 216 Å². The fourth-order valence-electron chi connectivity index (χ4n) is 5.13. The van der Waals surface area contributed by atoms with Crippen LogP contribution in [0.5, 0.6) is 11.5 Å². The van der Waals surface area contributed by atoms with Gasteiger partial charge in [-0.2, -0.15) is 0 Å². The van der Waals surface area contributed by atoms with E-state index in [0.717, 1.165) is 29.9 Å². The Kier molecular flexibility index (Phi) is 7.07. The summed E-state index contributed by atoms with van der Waals surface area (Å²) in [5.41, 5.74) is 4.38. The van der Waals surface area contributed by atoms with Crippen molar-refractivity contribution in [3.05, 3.63) is 52.9 Å². The lowest BCUT2D eigenvalue weighted by Crippen LogP contribution is -2.40. The number of carbonyl (C=O) groups excluding carboxylic acids is 1. The van der Waals surface area contributed by atoms with E-state index in [0.29, 0.717) is 52.5 Å². The number of nitrogens with one attached hydrogen (secondary N) is 3. The maximum atomic E-state index is 13.1. The van der Waals surface area contributed by atoms with Gasteiger partial charge in [0.1, 0.15) is 12.4 Å². The summed E-state index contributed by atoms with van der Waals surface area (Å²) < 4.78 is 11.9. The number of ether oxygens (including phenoxy) is 2. The largest absolute Gasteiger partial charge is 0.493 e. The van der Waals surface area contributed by atoms with Gasteiger partial charge in [0.05, 0.1) is 41.0 Å². The van der Waals surface area contributed by atoms with Crippen LogP contribution in [0.2, 0.25) is 5.02 Å². The Bertz CT molecular complexity index is 1260. The standard InChI is InChI=1S/C27H32ClN5O3/c1-16-13-21-23(27(34)30-16)25(31-20-9-6-8-19(28)26(20)35-3)24(32-21)18-10-11-29-14-22(18)36-15-17-7-4-5-12-33(17)2/h6,8-11,14,16-17,31-32H,4-5,7,12-13,15H2,1-3H3,(H,30,34)/t16-,17+/m1/s1. The predicted molar refractivity (Wildman–Crippen MR) is 142 cm³/mol. The van der Waals surface area contributed by atoms with Crippen molar-refractivity contribution in [2.45, 2.75) is 44.7 Å². The Morgan fingerprint density at radius 3 is 2.94 bits per heavy atom. The molecule has 36 heavy (non-hydrogen) atoms. The molecule has 2 atom stereocenters. The van der Waals surface area contributed by atoms with Gasteiger partial charge in [0, 0.05) is 36.0 Å². The number of nitrogens with zero attached hydrogens (tertiary/aromatic N) is 2. The van der Waals surface area contributed by atoms with Crippen LogP contribution < -0.4 is 20.1 Å². The van der Waals surface area contributed by atoms with E-state index < -0.39 is 0 Å². The summed E-state index contributed by atoms with van der Waals surface area (Å²) in [5, 5.41) is 6.97. The minimum atomic E-state index is -0.130. The van der Waals surface area contributed by atoms with Gasteiger partial charge in [-0.05, 0) is 51.6 Å². The first-order valence-electron chi connectivity index (χ1n) is 12.4. The quantitative estimate of drug-likeness (QED) is 0.414. The smallest absolute Gasteiger partial charge is 0.255 e. The number of methoxy groups -OCH3 is 1. The molecule has 9 heteroatoms. The van der Waals surface area contributed by atoms with E-state index in [-0.39, 0.29) is 11.9 Å². The molecule has 2 aliphatic heterocycles. The summed E-state index contributed by atoms with van der Waals surface area (Å²) in [6.45, 7) is 3.66. The number of hydrogen-bond acceptors (Lipinski definition) is 6. The second-order valence-electron chi connectivity index (χ2n) is 9.57. The molecule has 1 saturated heterocycles. The number of rotatable bonds is 7. The van der Waals surface area contributed by atoms with Gasteiger partial charge in [0.25, 0.3) is 5.91 Å². The fraction of sp³-hybridized carbons (Fsp3) is 0.407. The predicted octanol–water partition coefficient (Wildman–Crippen LogP) is 5.02. The van der Waals surface area contributed by atoms with E-state index in [2.05, 4.69) is 32.5 Å². The third-order valence-corrected chi connectivity index (χ3v) is 7.33. The monoisotopic (exact) mass is 509 g/mol. The molecule has 0 aliphatic carbocycles. The van der Waals surface area contributed by atoms with Crippen LogP contribution in [0.1, 0.15) is 42.2 Å². The fourth-order valence-corrected chi connectivity index (χ4v) is 5.38. The van der Waals surface area contributed by atoms with Crippen molar-refractivity contribution in [3.8, 4) is 22.8 Å². The summed E-state index contributed by atoms with van der Waals surface area (Å²) in [6, 6.07) is 7.79. The van der Waals surface area contributed by atoms with E-state index in [9.17, 15) is 4.79 Å². The van der Waals surface area contributed by atoms with Crippen molar-refractivity contribution in [3.63, 3.8) is 0 Å². The number of fused-ring (bicyclic) bond motifs is 1. The second-order valence-corrected chi connectivity index (χ2v) is 9.97. The Hall–Kier alpha value is -3.23. The summed E-state index contributed by atoms with van der Waals surface area (Å²) in [4.78, 5) is 23.4. The van der Waals surface area contributed by atoms with Gasteiger partial charge < -0.3 is 30.0 Å². The molecule has 5 rings (SSSR count). The molecule has 1 fully saturated rings. The number of halogens is 1. The third-order valence-electron chi connectivity index (χ3n) is 7.03. The molecule has 3 aromatic rings. The van der Waals surface area contributed by atoms with Crippen LogP contribution in [0, 0.1) is 0 Å². The average Bonchev–Trinajstić information content (AvgIpc) is 3.22. The zero-order chi connectivity index (χ0) is 25.2. The van der Waals surface area contributed by atoms with Gasteiger partial charge in [-0.15, -0.1) is 0 Å². The summed E-state index contributed by atoms with van der Waals surface area (Å²) >= 11 is 6.39. The third kappa shape index (κ3) is 4.75. The van der Waals surface area contributed by atoms with Crippen LogP contribution in [0.4, 0.5) is 11.4 Å². The van der Waals surface area contributed by atoms with Crippen molar-refractivity contribution in [2.75, 3.05) is 32.6 Å². The maximum Gasteiger partial charge on any atom is 0.255 e. The van der Waals surface area contributed by atoms with E-state index >= 15 is 0 Å². The van der Waals surface area contributed by atoms with Gasteiger partial charge in [0.15, 0.2) is 5.75 Å². The van der Waals surface area contributed by atoms with Gasteiger partial charge in [-0.3, -0.25) is 9.78 Å². The van der Waals surface area contributed by atoms with Crippen molar-refractivity contribution < 1.29 is 14.3 Å². The van der Waals surface area contributed by atoms with Gasteiger partial charge in [-0.1, -0.05) is 24.1 Å². The first-order valence-corrected chi connectivity index (χ1v) is 12.8. The number of benzene rings is 1. The van der Waals surface area contributed by atoms with E-state index in [1.165, 1.54) is 12.8 Å². The number of amides is 1. The molecule has 1 amide bonds. The maximum absolute atomic E-state index is 13.1. The molecule has 3 N–H and O–H groups in total. The lowest BCUT2D eigenvalue weighted by atomic mass is 10.0. The summed E-state index contributed by atoms with van der Waals surface area (Å²) in [6.07, 6.45) is 7.72. The summed E-state index contributed by atoms with van der Waals surface area (Å²) in [7, 11) is 3.72. The Morgan fingerprint density at radius 1 is 1.28 bits per heavy atom. The first-order chi connectivity index (χ1) is 17.5. The van der Waals surface area contributed by atoms with E-state index in [1.807, 2.05) is 25.1 Å². The minimum Gasteiger partial charge on any atom is -0.493 e. The number of likely N-dealkylation sites (N-methyl/N-ethyl adjacent to an activating group) is 1. The minimum absolute atomic E-state index is 0.0278. The molecule has 190 valence electrons. The number of aromatic amines is 1. The van der Waals surface area contributed by atoms with Crippen molar-refractivity contribution in [1.29, 1.82) is 0 Å². The molecule has 8 nitrogen and oxygen atoms in total. The molecule has 2 aliphatic rings. The SMILES string of the molecule is COc1c(Cl)cccc1Nc1c(-c2ccncc2OC[C@@H]2CCCCN2C)[nH]c2c1C(=O)N[C@H](C)C2. The number of carbonyl (C=O) groups is 1. The molecular formula is C27H32ClN5O3. The first kappa shape index (κ1) is 24.5. The van der Waals surface area contributed by atoms with Crippen LogP contribution in [0.3, 0.4) is 0 Å². The lowest BCUT2D eigenvalue weighted by molar-refractivity contribution is 0.0930. The van der Waals surface area contributed by atoms with Crippen LogP contribution in [-0.4, -0.2) is 60.2 Å². The number of anilines is 2. The van der Waals surface area contributed by atoms with Crippen LogP contribution in [-0.2, 0) is 6.42 Å². The van der Waals surface area contributed by atoms with Gasteiger partial charge in [-0.25, -0.2) is 0 Å². The number of pyridine rings is 1. The van der Waals surface area contributed by atoms with Crippen LogP contribution in [0.25, 0.3) is 11.3 Å². The normalized spacial score (nSPS) is 19.9. The van der Waals surface area contributed by atoms with Crippen LogP contribution in [0.15, 0.2) is 36.7 Å². The van der Waals surface area contributed by atoms with Gasteiger partial charge >= 0.3 is 0 Å². The molecule has 1 aromatic carbocycles. The molecule has 0 bridgehead atoms. The Morgan fingerprint density at radius 2 is 2.14 bits per heavy atom.